The van der Waals surface area contributed by atoms with E-state index in [1.54, 1.807) is 5.57 Å². The lowest BCUT2D eigenvalue weighted by Crippen LogP contribution is -2.50. The molecule has 2 fully saturated rings. The predicted octanol–water partition coefficient (Wildman–Crippen LogP) is 7.05. The van der Waals surface area contributed by atoms with E-state index in [4.69, 9.17) is 4.98 Å². The number of hydrogen-bond donors (Lipinski definition) is 2. The summed E-state index contributed by atoms with van der Waals surface area (Å²) in [6.07, 6.45) is 10.6. The fraction of sp³-hybridized carbons (Fsp3) is 0.607. The van der Waals surface area contributed by atoms with E-state index in [1.165, 1.54) is 53.8 Å². The molecule has 0 radical (unpaired) electrons. The number of rotatable bonds is 2. The summed E-state index contributed by atoms with van der Waals surface area (Å²) >= 11 is 1.86. The van der Waals surface area contributed by atoms with Crippen LogP contribution in [-0.2, 0) is 6.42 Å². The topological polar surface area (TPSA) is 45.2 Å². The number of aryl methyl sites for hydroxylation is 3. The molecular formula is C28H36N2OS. The zero-order valence-corrected chi connectivity index (χ0v) is 20.7. The van der Waals surface area contributed by atoms with Gasteiger partial charge in [-0.3, -0.25) is 0 Å². The predicted molar refractivity (Wildman–Crippen MR) is 133 cm³/mol. The minimum atomic E-state index is -0.0926. The number of thiazole rings is 1. The molecule has 170 valence electrons. The highest BCUT2D eigenvalue weighted by Gasteiger charge is 2.58. The first-order valence-corrected chi connectivity index (χ1v) is 13.3. The Hall–Kier alpha value is -1.65. The Balaban J connectivity index is 1.32. The van der Waals surface area contributed by atoms with Gasteiger partial charge in [-0.1, -0.05) is 49.0 Å². The summed E-state index contributed by atoms with van der Waals surface area (Å²) in [6.45, 7) is 9.23. The van der Waals surface area contributed by atoms with Gasteiger partial charge in [-0.25, -0.2) is 4.98 Å². The smallest absolute Gasteiger partial charge is 0.187 e. The minimum Gasteiger partial charge on any atom is -0.393 e. The lowest BCUT2D eigenvalue weighted by Gasteiger charge is -2.56. The number of fused-ring (bicyclic) bond motifs is 7. The third kappa shape index (κ3) is 2.91. The summed E-state index contributed by atoms with van der Waals surface area (Å²) in [7, 11) is 0. The van der Waals surface area contributed by atoms with Gasteiger partial charge in [-0.15, -0.1) is 0 Å². The van der Waals surface area contributed by atoms with Crippen LogP contribution in [0.4, 0.5) is 10.8 Å². The fourth-order valence-electron chi connectivity index (χ4n) is 7.97. The molecular weight excluding hydrogens is 412 g/mol. The molecule has 1 heterocycles. The molecule has 2 N–H and O–H groups in total. The molecule has 0 spiro atoms. The second-order valence-electron chi connectivity index (χ2n) is 11.5. The van der Waals surface area contributed by atoms with Crippen LogP contribution in [0.2, 0.25) is 0 Å². The van der Waals surface area contributed by atoms with Gasteiger partial charge in [-0.05, 0) is 105 Å². The van der Waals surface area contributed by atoms with Crippen molar-refractivity contribution in [1.29, 1.82) is 0 Å². The molecule has 6 atom stereocenters. The fourth-order valence-corrected chi connectivity index (χ4v) is 9.17. The molecule has 0 amide bonds. The molecule has 0 aliphatic heterocycles. The van der Waals surface area contributed by atoms with Crippen molar-refractivity contribution in [3.8, 4) is 0 Å². The molecule has 2 aromatic rings. The Labute approximate surface area is 196 Å². The summed E-state index contributed by atoms with van der Waals surface area (Å²) < 4.78 is 0. The number of nitrogens with one attached hydrogen (secondary N) is 1. The van der Waals surface area contributed by atoms with Crippen LogP contribution in [0.1, 0.15) is 74.1 Å². The van der Waals surface area contributed by atoms with Crippen molar-refractivity contribution in [2.75, 3.05) is 5.32 Å². The number of aliphatic hydroxyl groups excluding tert-OH is 1. The van der Waals surface area contributed by atoms with Crippen LogP contribution in [-0.4, -0.2) is 16.2 Å². The maximum Gasteiger partial charge on any atom is 0.187 e. The van der Waals surface area contributed by atoms with Crippen LogP contribution in [0, 0.1) is 42.4 Å². The van der Waals surface area contributed by atoms with Crippen molar-refractivity contribution in [3.05, 3.63) is 46.0 Å². The Bertz CT molecular complexity index is 1100. The monoisotopic (exact) mass is 448 g/mol. The molecule has 2 saturated carbocycles. The second-order valence-corrected chi connectivity index (χ2v) is 12.5. The average Bonchev–Trinajstić information content (AvgIpc) is 3.30. The van der Waals surface area contributed by atoms with E-state index in [0.29, 0.717) is 5.92 Å². The molecule has 0 unspecified atom stereocenters. The first-order chi connectivity index (χ1) is 15.3. The third-order valence-corrected chi connectivity index (χ3v) is 10.9. The maximum absolute atomic E-state index is 10.7. The molecule has 32 heavy (non-hydrogen) atoms. The molecule has 3 nitrogen and oxygen atoms in total. The lowest BCUT2D eigenvalue weighted by atomic mass is 9.48. The lowest BCUT2D eigenvalue weighted by molar-refractivity contribution is -0.0579. The Morgan fingerprint density at radius 2 is 1.94 bits per heavy atom. The van der Waals surface area contributed by atoms with E-state index in [1.807, 2.05) is 11.3 Å². The largest absolute Gasteiger partial charge is 0.393 e. The zero-order chi connectivity index (χ0) is 22.3. The van der Waals surface area contributed by atoms with Gasteiger partial charge in [-0.2, -0.15) is 0 Å². The first kappa shape index (κ1) is 20.9. The maximum atomic E-state index is 10.7. The standard InChI is InChI=1S/C28H36N2OS/c1-16-5-9-22(17(2)15-16)29-26-30-23-12-14-27(3)20-11-13-28(4)19(8-10-24(28)31)18(20)6-7-21(27)25(23)32-26/h5,7,9,15,18-20,24,31H,6,8,10-14H2,1-4H3,(H,29,30)/t18-,19-,20-,24-,27+,28-/m0/s1. The van der Waals surface area contributed by atoms with Crippen LogP contribution < -0.4 is 5.32 Å². The van der Waals surface area contributed by atoms with Crippen LogP contribution in [0.5, 0.6) is 0 Å². The molecule has 0 bridgehead atoms. The third-order valence-electron chi connectivity index (χ3n) is 9.86. The summed E-state index contributed by atoms with van der Waals surface area (Å²) in [4.78, 5) is 6.48. The molecule has 6 rings (SSSR count). The number of aliphatic hydroxyl groups is 1. The van der Waals surface area contributed by atoms with E-state index in [-0.39, 0.29) is 16.9 Å². The number of aromatic nitrogens is 1. The highest BCUT2D eigenvalue weighted by atomic mass is 32.1. The van der Waals surface area contributed by atoms with Crippen molar-refractivity contribution < 1.29 is 5.11 Å². The van der Waals surface area contributed by atoms with Gasteiger partial charge in [0, 0.05) is 5.69 Å². The van der Waals surface area contributed by atoms with Gasteiger partial charge >= 0.3 is 0 Å². The normalized spacial score (nSPS) is 37.7. The van der Waals surface area contributed by atoms with E-state index in [9.17, 15) is 5.11 Å². The summed E-state index contributed by atoms with van der Waals surface area (Å²) in [5.41, 5.74) is 7.00. The number of anilines is 2. The average molecular weight is 449 g/mol. The number of benzene rings is 1. The second kappa shape index (κ2) is 7.17. The van der Waals surface area contributed by atoms with Crippen molar-refractivity contribution >= 4 is 27.7 Å². The quantitative estimate of drug-likeness (QED) is 0.517. The van der Waals surface area contributed by atoms with Crippen molar-refractivity contribution in [3.63, 3.8) is 0 Å². The van der Waals surface area contributed by atoms with Gasteiger partial charge in [0.15, 0.2) is 5.13 Å². The SMILES string of the molecule is Cc1ccc(Nc2nc3c(s2)C2=CC[C@H]4[C@@H]5CC[C@H](O)[C@@]5(C)CC[C@@H]4[C@@]2(C)CC3)c(C)c1. The summed E-state index contributed by atoms with van der Waals surface area (Å²) in [5, 5.41) is 15.4. The van der Waals surface area contributed by atoms with E-state index in [0.717, 1.165) is 35.5 Å². The molecule has 4 aliphatic carbocycles. The highest BCUT2D eigenvalue weighted by Crippen LogP contribution is 2.66. The van der Waals surface area contributed by atoms with E-state index >= 15 is 0 Å². The Kier molecular flexibility index (Phi) is 4.69. The molecule has 4 heteroatoms. The molecule has 1 aromatic carbocycles. The minimum absolute atomic E-state index is 0.0926. The number of allylic oxidation sites excluding steroid dienone is 2. The van der Waals surface area contributed by atoms with Crippen LogP contribution >= 0.6 is 11.3 Å². The van der Waals surface area contributed by atoms with Gasteiger partial charge in [0.05, 0.1) is 16.7 Å². The first-order valence-electron chi connectivity index (χ1n) is 12.5. The van der Waals surface area contributed by atoms with Gasteiger partial charge in [0.1, 0.15) is 0 Å². The van der Waals surface area contributed by atoms with Crippen molar-refractivity contribution in [2.45, 2.75) is 78.7 Å². The Morgan fingerprint density at radius 1 is 1.09 bits per heavy atom. The molecule has 1 aromatic heterocycles. The van der Waals surface area contributed by atoms with E-state index in [2.05, 4.69) is 57.3 Å². The number of hydrogen-bond acceptors (Lipinski definition) is 4. The van der Waals surface area contributed by atoms with Crippen molar-refractivity contribution in [2.24, 2.45) is 28.6 Å². The van der Waals surface area contributed by atoms with Gasteiger partial charge < -0.3 is 10.4 Å². The molecule has 0 saturated heterocycles. The van der Waals surface area contributed by atoms with Crippen LogP contribution in [0.25, 0.3) is 5.57 Å². The summed E-state index contributed by atoms with van der Waals surface area (Å²) in [6, 6.07) is 6.57. The van der Waals surface area contributed by atoms with Crippen LogP contribution in [0.3, 0.4) is 0 Å². The Morgan fingerprint density at radius 3 is 2.75 bits per heavy atom. The summed E-state index contributed by atoms with van der Waals surface area (Å²) in [5.74, 6) is 2.18. The van der Waals surface area contributed by atoms with Crippen LogP contribution in [0.15, 0.2) is 24.3 Å². The van der Waals surface area contributed by atoms with Gasteiger partial charge in [0.2, 0.25) is 0 Å². The zero-order valence-electron chi connectivity index (χ0n) is 19.9. The molecule has 4 aliphatic rings. The highest BCUT2D eigenvalue weighted by molar-refractivity contribution is 7.16. The van der Waals surface area contributed by atoms with Gasteiger partial charge in [0.25, 0.3) is 0 Å². The van der Waals surface area contributed by atoms with E-state index < -0.39 is 0 Å². The number of nitrogens with zero attached hydrogens (tertiary/aromatic N) is 1. The van der Waals surface area contributed by atoms with Crippen molar-refractivity contribution in [1.82, 2.24) is 4.98 Å².